The fraction of sp³-hybridized carbons (Fsp3) is 0.550. The van der Waals surface area contributed by atoms with Crippen LogP contribution < -0.4 is 5.56 Å². The molecule has 0 aromatic carbocycles. The first-order chi connectivity index (χ1) is 13.2. The van der Waals surface area contributed by atoms with E-state index in [1.165, 1.54) is 28.6 Å². The van der Waals surface area contributed by atoms with Gasteiger partial charge in [-0.1, -0.05) is 37.6 Å². The average Bonchev–Trinajstić information content (AvgIpc) is 3.04. The number of hydrogen-bond acceptors (Lipinski definition) is 6. The van der Waals surface area contributed by atoms with E-state index in [0.29, 0.717) is 18.3 Å². The second kappa shape index (κ2) is 9.55. The number of fused-ring (bicyclic) bond motifs is 3. The summed E-state index contributed by atoms with van der Waals surface area (Å²) in [5, 5.41) is 1.33. The van der Waals surface area contributed by atoms with Gasteiger partial charge in [-0.05, 0) is 37.7 Å². The standard InChI is InChI=1S/C20H26N2O3S2/c1-3-5-8-12-25-16(23)13-26-20-21-18-17(19(24)22(20)11-4-2)14-9-6-7-10-15(14)27-18/h4H,2-3,5-13H2,1H3. The van der Waals surface area contributed by atoms with Gasteiger partial charge in [0.1, 0.15) is 4.83 Å². The van der Waals surface area contributed by atoms with Gasteiger partial charge in [-0.15, -0.1) is 17.9 Å². The lowest BCUT2D eigenvalue weighted by Crippen LogP contribution is -2.23. The molecule has 3 rings (SSSR count). The van der Waals surface area contributed by atoms with Gasteiger partial charge in [0.2, 0.25) is 0 Å². The summed E-state index contributed by atoms with van der Waals surface area (Å²) >= 11 is 2.90. The number of nitrogens with zero attached hydrogens (tertiary/aromatic N) is 2. The van der Waals surface area contributed by atoms with Crippen molar-refractivity contribution in [1.29, 1.82) is 0 Å². The van der Waals surface area contributed by atoms with Crippen molar-refractivity contribution in [3.05, 3.63) is 33.4 Å². The summed E-state index contributed by atoms with van der Waals surface area (Å²) in [5.74, 6) is -0.104. The number of ether oxygens (including phenoxy) is 1. The summed E-state index contributed by atoms with van der Waals surface area (Å²) in [7, 11) is 0. The molecular weight excluding hydrogens is 380 g/mol. The molecule has 0 fully saturated rings. The minimum Gasteiger partial charge on any atom is -0.465 e. The fourth-order valence-corrected chi connectivity index (χ4v) is 5.43. The zero-order chi connectivity index (χ0) is 19.2. The summed E-state index contributed by atoms with van der Waals surface area (Å²) in [6.45, 7) is 6.72. The lowest BCUT2D eigenvalue weighted by Gasteiger charge is -2.12. The van der Waals surface area contributed by atoms with Crippen molar-refractivity contribution in [3.8, 4) is 0 Å². The molecule has 0 atom stereocenters. The van der Waals surface area contributed by atoms with Crippen LogP contribution in [0.2, 0.25) is 0 Å². The van der Waals surface area contributed by atoms with Gasteiger partial charge >= 0.3 is 5.97 Å². The van der Waals surface area contributed by atoms with Gasteiger partial charge in [0.25, 0.3) is 5.56 Å². The van der Waals surface area contributed by atoms with Crippen molar-refractivity contribution < 1.29 is 9.53 Å². The summed E-state index contributed by atoms with van der Waals surface area (Å²) < 4.78 is 6.89. The first-order valence-corrected chi connectivity index (χ1v) is 11.4. The van der Waals surface area contributed by atoms with Gasteiger partial charge in [0, 0.05) is 11.4 Å². The van der Waals surface area contributed by atoms with Gasteiger partial charge in [0.05, 0.1) is 17.7 Å². The number of thiophene rings is 1. The number of aromatic nitrogens is 2. The molecule has 0 aliphatic heterocycles. The second-order valence-electron chi connectivity index (χ2n) is 6.71. The van der Waals surface area contributed by atoms with Crippen LogP contribution in [0.25, 0.3) is 10.2 Å². The van der Waals surface area contributed by atoms with Crippen molar-refractivity contribution in [2.45, 2.75) is 63.6 Å². The quantitative estimate of drug-likeness (QED) is 0.204. The average molecular weight is 407 g/mol. The largest absolute Gasteiger partial charge is 0.465 e. The first-order valence-electron chi connectivity index (χ1n) is 9.60. The van der Waals surface area contributed by atoms with Crippen LogP contribution in [0.1, 0.15) is 49.5 Å². The predicted molar refractivity (Wildman–Crippen MR) is 112 cm³/mol. The number of allylic oxidation sites excluding steroid dienone is 1. The number of unbranched alkanes of at least 4 members (excludes halogenated alkanes) is 2. The number of aryl methyl sites for hydroxylation is 2. The number of esters is 1. The molecule has 0 spiro atoms. The topological polar surface area (TPSA) is 61.2 Å². The van der Waals surface area contributed by atoms with Crippen LogP contribution in [0.3, 0.4) is 0 Å². The van der Waals surface area contributed by atoms with Crippen LogP contribution in [0, 0.1) is 0 Å². The van der Waals surface area contributed by atoms with E-state index in [9.17, 15) is 9.59 Å². The van der Waals surface area contributed by atoms with Crippen LogP contribution in [-0.2, 0) is 28.9 Å². The highest BCUT2D eigenvalue weighted by atomic mass is 32.2. The number of carbonyl (C=O) groups excluding carboxylic acids is 1. The molecule has 0 saturated carbocycles. The molecule has 146 valence electrons. The summed E-state index contributed by atoms with van der Waals surface area (Å²) in [5.41, 5.74) is 1.17. The van der Waals surface area contributed by atoms with Crippen molar-refractivity contribution >= 4 is 39.3 Å². The molecule has 5 nitrogen and oxygen atoms in total. The minimum absolute atomic E-state index is 0.0156. The maximum absolute atomic E-state index is 13.1. The van der Waals surface area contributed by atoms with Crippen molar-refractivity contribution in [2.24, 2.45) is 0 Å². The van der Waals surface area contributed by atoms with Crippen molar-refractivity contribution in [1.82, 2.24) is 9.55 Å². The van der Waals surface area contributed by atoms with Gasteiger partial charge < -0.3 is 4.74 Å². The molecule has 0 saturated heterocycles. The Morgan fingerprint density at radius 2 is 2.19 bits per heavy atom. The Morgan fingerprint density at radius 3 is 2.96 bits per heavy atom. The lowest BCUT2D eigenvalue weighted by atomic mass is 9.97. The molecule has 1 aliphatic rings. The summed E-state index contributed by atoms with van der Waals surface area (Å²) in [6.07, 6.45) is 9.02. The summed E-state index contributed by atoms with van der Waals surface area (Å²) in [6, 6.07) is 0. The second-order valence-corrected chi connectivity index (χ2v) is 8.73. The molecule has 0 unspecified atom stereocenters. The third-order valence-electron chi connectivity index (χ3n) is 4.68. The van der Waals surface area contributed by atoms with E-state index in [1.54, 1.807) is 22.0 Å². The molecule has 0 radical (unpaired) electrons. The zero-order valence-electron chi connectivity index (χ0n) is 15.8. The first kappa shape index (κ1) is 20.1. The molecule has 0 N–H and O–H groups in total. The highest BCUT2D eigenvalue weighted by Crippen LogP contribution is 2.34. The molecule has 1 aliphatic carbocycles. The van der Waals surface area contributed by atoms with Gasteiger partial charge in [-0.2, -0.15) is 0 Å². The molecule has 2 heterocycles. The van der Waals surface area contributed by atoms with Crippen molar-refractivity contribution in [3.63, 3.8) is 0 Å². The number of hydrogen-bond donors (Lipinski definition) is 0. The van der Waals surface area contributed by atoms with Gasteiger partial charge in [-0.25, -0.2) is 4.98 Å². The Morgan fingerprint density at radius 1 is 1.37 bits per heavy atom. The Labute approximate surface area is 167 Å². The fourth-order valence-electron chi connectivity index (χ4n) is 3.32. The highest BCUT2D eigenvalue weighted by Gasteiger charge is 2.22. The normalized spacial score (nSPS) is 13.5. The Balaban J connectivity index is 1.82. The predicted octanol–water partition coefficient (Wildman–Crippen LogP) is 4.35. The number of carbonyl (C=O) groups is 1. The third kappa shape index (κ3) is 4.63. The highest BCUT2D eigenvalue weighted by molar-refractivity contribution is 7.99. The molecule has 0 amide bonds. The van der Waals surface area contributed by atoms with Gasteiger partial charge in [0.15, 0.2) is 5.16 Å². The maximum atomic E-state index is 13.1. The monoisotopic (exact) mass is 406 g/mol. The zero-order valence-corrected chi connectivity index (χ0v) is 17.4. The van der Waals surface area contributed by atoms with Crippen LogP contribution in [0.15, 0.2) is 22.6 Å². The molecule has 27 heavy (non-hydrogen) atoms. The Bertz CT molecular complexity index is 885. The lowest BCUT2D eigenvalue weighted by molar-refractivity contribution is -0.140. The van der Waals surface area contributed by atoms with E-state index in [0.717, 1.165) is 48.7 Å². The van der Waals surface area contributed by atoms with Gasteiger partial charge in [-0.3, -0.25) is 14.2 Å². The third-order valence-corrected chi connectivity index (χ3v) is 6.82. The Hall–Kier alpha value is -1.60. The van der Waals surface area contributed by atoms with Crippen LogP contribution in [0.5, 0.6) is 0 Å². The Kier molecular flexibility index (Phi) is 7.13. The van der Waals surface area contributed by atoms with Crippen LogP contribution in [-0.4, -0.2) is 27.9 Å². The van der Waals surface area contributed by atoms with E-state index < -0.39 is 0 Å². The molecular formula is C20H26N2O3S2. The number of rotatable bonds is 9. The minimum atomic E-state index is -0.263. The smallest absolute Gasteiger partial charge is 0.316 e. The van der Waals surface area contributed by atoms with E-state index in [1.807, 2.05) is 0 Å². The van der Waals surface area contributed by atoms with Crippen LogP contribution in [0.4, 0.5) is 0 Å². The van der Waals surface area contributed by atoms with Crippen LogP contribution >= 0.6 is 23.1 Å². The maximum Gasteiger partial charge on any atom is 0.316 e. The van der Waals surface area contributed by atoms with E-state index >= 15 is 0 Å². The summed E-state index contributed by atoms with van der Waals surface area (Å²) in [4.78, 5) is 31.9. The van der Waals surface area contributed by atoms with Crippen molar-refractivity contribution in [2.75, 3.05) is 12.4 Å². The van der Waals surface area contributed by atoms with E-state index in [4.69, 9.17) is 9.72 Å². The molecule has 2 aromatic heterocycles. The SMILES string of the molecule is C=CCn1c(SCC(=O)OCCCCC)nc2sc3c(c2c1=O)CCCC3. The number of thioether (sulfide) groups is 1. The molecule has 0 bridgehead atoms. The molecule has 7 heteroatoms. The van der Waals surface area contributed by atoms with E-state index in [-0.39, 0.29) is 17.3 Å². The molecule has 2 aromatic rings. The van der Waals surface area contributed by atoms with E-state index in [2.05, 4.69) is 13.5 Å².